The number of nitrogens with zero attached hydrogens (tertiary/aromatic N) is 2. The number of morpholine rings is 1. The molecule has 32 heavy (non-hydrogen) atoms. The molecule has 1 aliphatic heterocycles. The maximum atomic E-state index is 12.7. The van der Waals surface area contributed by atoms with Gasteiger partial charge in [0.15, 0.2) is 0 Å². The van der Waals surface area contributed by atoms with Crippen molar-refractivity contribution in [1.29, 1.82) is 0 Å². The second-order valence-corrected chi connectivity index (χ2v) is 9.10. The molecule has 1 fully saturated rings. The number of hydrogen-bond acceptors (Lipinski definition) is 6. The molecule has 166 valence electrons. The van der Waals surface area contributed by atoms with Crippen LogP contribution in [0.4, 0.5) is 0 Å². The Morgan fingerprint density at radius 1 is 1.00 bits per heavy atom. The quantitative estimate of drug-likeness (QED) is 0.591. The molecule has 1 amide bonds. The molecule has 1 N–H and O–H groups in total. The summed E-state index contributed by atoms with van der Waals surface area (Å²) in [5, 5.41) is 2.84. The van der Waals surface area contributed by atoms with Gasteiger partial charge in [-0.1, -0.05) is 12.1 Å². The van der Waals surface area contributed by atoms with Crippen LogP contribution in [-0.4, -0.2) is 49.9 Å². The van der Waals surface area contributed by atoms with E-state index in [4.69, 9.17) is 9.47 Å². The molecule has 1 aromatic heterocycles. The number of ether oxygens (including phenoxy) is 2. The van der Waals surface area contributed by atoms with Crippen LogP contribution in [0.15, 0.2) is 78.0 Å². The fourth-order valence-electron chi connectivity index (χ4n) is 3.22. The van der Waals surface area contributed by atoms with Gasteiger partial charge < -0.3 is 14.8 Å². The van der Waals surface area contributed by atoms with Crippen LogP contribution in [0.2, 0.25) is 0 Å². The van der Waals surface area contributed by atoms with Gasteiger partial charge in [0.1, 0.15) is 11.5 Å². The zero-order valence-electron chi connectivity index (χ0n) is 17.3. The summed E-state index contributed by atoms with van der Waals surface area (Å²) in [4.78, 5) is 16.7. The minimum Gasteiger partial charge on any atom is -0.456 e. The van der Waals surface area contributed by atoms with Crippen molar-refractivity contribution in [3.63, 3.8) is 0 Å². The van der Waals surface area contributed by atoms with Gasteiger partial charge in [-0.2, -0.15) is 4.31 Å². The minimum absolute atomic E-state index is 0.233. The summed E-state index contributed by atoms with van der Waals surface area (Å²) in [5.74, 6) is 0.985. The summed E-state index contributed by atoms with van der Waals surface area (Å²) < 4.78 is 37.7. The Kier molecular flexibility index (Phi) is 6.79. The molecule has 1 saturated heterocycles. The summed E-state index contributed by atoms with van der Waals surface area (Å²) in [6.45, 7) is 1.79. The van der Waals surface area contributed by atoms with Gasteiger partial charge in [0.2, 0.25) is 10.0 Å². The highest BCUT2D eigenvalue weighted by Crippen LogP contribution is 2.21. The average molecular weight is 454 g/mol. The third-order valence-corrected chi connectivity index (χ3v) is 6.88. The first kappa shape index (κ1) is 21.9. The molecule has 2 heterocycles. The number of amides is 1. The maximum absolute atomic E-state index is 12.7. The Balaban J connectivity index is 1.32. The van der Waals surface area contributed by atoms with Gasteiger partial charge in [-0.05, 0) is 54.1 Å². The highest BCUT2D eigenvalue weighted by atomic mass is 32.2. The molecule has 8 nitrogen and oxygen atoms in total. The van der Waals surface area contributed by atoms with Gasteiger partial charge in [-0.25, -0.2) is 8.42 Å². The molecule has 0 bridgehead atoms. The van der Waals surface area contributed by atoms with E-state index in [1.54, 1.807) is 73.1 Å². The van der Waals surface area contributed by atoms with Crippen LogP contribution >= 0.6 is 0 Å². The highest BCUT2D eigenvalue weighted by molar-refractivity contribution is 7.89. The molecule has 0 aliphatic carbocycles. The van der Waals surface area contributed by atoms with Crippen LogP contribution in [-0.2, 0) is 21.3 Å². The summed E-state index contributed by atoms with van der Waals surface area (Å²) in [7, 11) is -3.53. The molecule has 0 atom stereocenters. The van der Waals surface area contributed by atoms with Gasteiger partial charge in [0.25, 0.3) is 5.91 Å². The maximum Gasteiger partial charge on any atom is 0.251 e. The van der Waals surface area contributed by atoms with Crippen LogP contribution in [0.3, 0.4) is 0 Å². The van der Waals surface area contributed by atoms with E-state index in [-0.39, 0.29) is 17.3 Å². The summed E-state index contributed by atoms with van der Waals surface area (Å²) >= 11 is 0. The fourth-order valence-corrected chi connectivity index (χ4v) is 4.63. The lowest BCUT2D eigenvalue weighted by Crippen LogP contribution is -2.40. The second-order valence-electron chi connectivity index (χ2n) is 7.16. The first-order valence-corrected chi connectivity index (χ1v) is 11.6. The zero-order valence-corrected chi connectivity index (χ0v) is 18.1. The van der Waals surface area contributed by atoms with E-state index in [9.17, 15) is 13.2 Å². The molecular weight excluding hydrogens is 430 g/mol. The number of carbonyl (C=O) groups excluding carboxylic acids is 1. The lowest BCUT2D eigenvalue weighted by molar-refractivity contribution is 0.0730. The molecule has 0 radical (unpaired) electrons. The largest absolute Gasteiger partial charge is 0.456 e. The van der Waals surface area contributed by atoms with E-state index in [0.717, 1.165) is 5.56 Å². The number of pyridine rings is 1. The molecule has 0 saturated carbocycles. The summed E-state index contributed by atoms with van der Waals surface area (Å²) in [6, 6.07) is 16.9. The third-order valence-electron chi connectivity index (χ3n) is 4.97. The predicted octanol–water partition coefficient (Wildman–Crippen LogP) is 2.82. The number of aromatic nitrogens is 1. The van der Waals surface area contributed by atoms with Crippen LogP contribution in [0.25, 0.3) is 0 Å². The average Bonchev–Trinajstić information content (AvgIpc) is 2.84. The topological polar surface area (TPSA) is 97.8 Å². The van der Waals surface area contributed by atoms with Crippen molar-refractivity contribution in [1.82, 2.24) is 14.6 Å². The smallest absolute Gasteiger partial charge is 0.251 e. The lowest BCUT2D eigenvalue weighted by atomic mass is 10.2. The zero-order chi connectivity index (χ0) is 22.4. The molecule has 0 unspecified atom stereocenters. The predicted molar refractivity (Wildman–Crippen MR) is 118 cm³/mol. The molecule has 3 aromatic rings. The normalized spacial score (nSPS) is 14.6. The monoisotopic (exact) mass is 453 g/mol. The number of hydrogen-bond donors (Lipinski definition) is 1. The SMILES string of the molecule is O=C(NCc1ccc(S(=O)(=O)N2CCOCC2)cc1)c1ccc(Oc2cccnc2)cc1. The van der Waals surface area contributed by atoms with E-state index in [0.29, 0.717) is 43.4 Å². The van der Waals surface area contributed by atoms with Gasteiger partial charge in [0.05, 0.1) is 24.3 Å². The number of nitrogens with one attached hydrogen (secondary N) is 1. The number of sulfonamides is 1. The van der Waals surface area contributed by atoms with Crippen LogP contribution in [0.1, 0.15) is 15.9 Å². The van der Waals surface area contributed by atoms with Gasteiger partial charge in [0, 0.05) is 31.4 Å². The molecule has 1 aliphatic rings. The van der Waals surface area contributed by atoms with E-state index in [1.165, 1.54) is 4.31 Å². The summed E-state index contributed by atoms with van der Waals surface area (Å²) in [5.41, 5.74) is 1.30. The molecule has 2 aromatic carbocycles. The van der Waals surface area contributed by atoms with Crippen LogP contribution in [0.5, 0.6) is 11.5 Å². The lowest BCUT2D eigenvalue weighted by Gasteiger charge is -2.26. The van der Waals surface area contributed by atoms with Crippen molar-refractivity contribution in [3.8, 4) is 11.5 Å². The Labute approximate surface area is 186 Å². The van der Waals surface area contributed by atoms with Crippen molar-refractivity contribution in [2.75, 3.05) is 26.3 Å². The van der Waals surface area contributed by atoms with E-state index >= 15 is 0 Å². The van der Waals surface area contributed by atoms with Crippen LogP contribution in [0, 0.1) is 0 Å². The first-order valence-electron chi connectivity index (χ1n) is 10.2. The Morgan fingerprint density at radius 2 is 1.72 bits per heavy atom. The van der Waals surface area contributed by atoms with E-state index in [2.05, 4.69) is 10.3 Å². The Hall–Kier alpha value is -3.27. The van der Waals surface area contributed by atoms with E-state index < -0.39 is 10.0 Å². The van der Waals surface area contributed by atoms with Crippen molar-refractivity contribution in [3.05, 3.63) is 84.2 Å². The number of rotatable bonds is 7. The second kappa shape index (κ2) is 9.90. The van der Waals surface area contributed by atoms with Gasteiger partial charge in [-0.3, -0.25) is 9.78 Å². The van der Waals surface area contributed by atoms with Crippen molar-refractivity contribution in [2.45, 2.75) is 11.4 Å². The fraction of sp³-hybridized carbons (Fsp3) is 0.217. The molecule has 9 heteroatoms. The first-order chi connectivity index (χ1) is 15.5. The standard InChI is InChI=1S/C23H23N3O5S/c27-23(19-5-7-20(8-6-19)31-21-2-1-11-24-17-21)25-16-18-3-9-22(10-4-18)32(28,29)26-12-14-30-15-13-26/h1-11,17H,12-16H2,(H,25,27). The third kappa shape index (κ3) is 5.31. The molecular formula is C23H23N3O5S. The van der Waals surface area contributed by atoms with Gasteiger partial charge >= 0.3 is 0 Å². The molecule has 4 rings (SSSR count). The van der Waals surface area contributed by atoms with Crippen molar-refractivity contribution in [2.24, 2.45) is 0 Å². The number of benzene rings is 2. The van der Waals surface area contributed by atoms with Crippen molar-refractivity contribution >= 4 is 15.9 Å². The summed E-state index contributed by atoms with van der Waals surface area (Å²) in [6.07, 6.45) is 3.27. The van der Waals surface area contributed by atoms with E-state index in [1.807, 2.05) is 0 Å². The number of carbonyl (C=O) groups is 1. The van der Waals surface area contributed by atoms with Crippen LogP contribution < -0.4 is 10.1 Å². The Bertz CT molecular complexity index is 1140. The van der Waals surface area contributed by atoms with Gasteiger partial charge in [-0.15, -0.1) is 0 Å². The van der Waals surface area contributed by atoms with Crippen molar-refractivity contribution < 1.29 is 22.7 Å². The molecule has 0 spiro atoms. The highest BCUT2D eigenvalue weighted by Gasteiger charge is 2.26. The minimum atomic E-state index is -3.53. The Morgan fingerprint density at radius 3 is 2.38 bits per heavy atom.